The van der Waals surface area contributed by atoms with E-state index in [1.807, 2.05) is 0 Å². The van der Waals surface area contributed by atoms with Crippen LogP contribution in [0.3, 0.4) is 0 Å². The van der Waals surface area contributed by atoms with Gasteiger partial charge >= 0.3 is 6.18 Å². The van der Waals surface area contributed by atoms with E-state index in [2.05, 4.69) is 10.6 Å². The van der Waals surface area contributed by atoms with Gasteiger partial charge in [-0.3, -0.25) is 9.59 Å². The summed E-state index contributed by atoms with van der Waals surface area (Å²) < 4.78 is 56.9. The Hall–Kier alpha value is -4.65. The summed E-state index contributed by atoms with van der Waals surface area (Å²) in [5.41, 5.74) is -0.630. The number of nitriles is 1. The zero-order chi connectivity index (χ0) is 25.4. The van der Waals surface area contributed by atoms with E-state index >= 15 is 0 Å². The molecule has 0 aromatic heterocycles. The minimum Gasteiger partial charge on any atom is -0.484 e. The summed E-state index contributed by atoms with van der Waals surface area (Å²) in [4.78, 5) is 24.4. The molecule has 0 saturated carbocycles. The van der Waals surface area contributed by atoms with Gasteiger partial charge in [-0.1, -0.05) is 18.2 Å². The van der Waals surface area contributed by atoms with Crippen molar-refractivity contribution < 1.29 is 31.9 Å². The highest BCUT2D eigenvalue weighted by Crippen LogP contribution is 2.30. The number of hydrogen-bond acceptors (Lipinski definition) is 4. The van der Waals surface area contributed by atoms with E-state index in [1.165, 1.54) is 42.5 Å². The van der Waals surface area contributed by atoms with Crippen molar-refractivity contribution in [3.05, 3.63) is 95.3 Å². The molecule has 178 valence electrons. The fourth-order valence-electron chi connectivity index (χ4n) is 2.86. The molecule has 0 unspecified atom stereocenters. The summed E-state index contributed by atoms with van der Waals surface area (Å²) in [5, 5.41) is 14.2. The average Bonchev–Trinajstić information content (AvgIpc) is 2.82. The third-order valence-corrected chi connectivity index (χ3v) is 4.48. The molecule has 2 amide bonds. The lowest BCUT2D eigenvalue weighted by atomic mass is 10.1. The van der Waals surface area contributed by atoms with E-state index < -0.39 is 29.4 Å². The van der Waals surface area contributed by atoms with Gasteiger partial charge in [0.2, 0.25) is 0 Å². The first-order chi connectivity index (χ1) is 16.6. The van der Waals surface area contributed by atoms with Gasteiger partial charge in [-0.25, -0.2) is 4.39 Å². The number of amides is 2. The molecule has 0 atom stereocenters. The Morgan fingerprint density at radius 2 is 1.66 bits per heavy atom. The number of anilines is 2. The van der Waals surface area contributed by atoms with Crippen LogP contribution in [0.25, 0.3) is 6.08 Å². The Bertz CT molecular complexity index is 1300. The van der Waals surface area contributed by atoms with Gasteiger partial charge in [-0.15, -0.1) is 0 Å². The van der Waals surface area contributed by atoms with Crippen molar-refractivity contribution >= 4 is 29.3 Å². The first-order valence-electron chi connectivity index (χ1n) is 10.0. The second-order valence-corrected chi connectivity index (χ2v) is 7.12. The van der Waals surface area contributed by atoms with Gasteiger partial charge in [0.05, 0.1) is 5.56 Å². The molecule has 3 rings (SSSR count). The number of carbonyl (C=O) groups is 2. The SMILES string of the molecule is N#C/C(=C\c1cccc(OCC(=O)Nc2ccc(F)cc2)c1)C(=O)Nc1cccc(C(F)(F)F)c1. The maximum Gasteiger partial charge on any atom is 0.416 e. The number of hydrogen-bond donors (Lipinski definition) is 2. The summed E-state index contributed by atoms with van der Waals surface area (Å²) in [6.07, 6.45) is -3.35. The van der Waals surface area contributed by atoms with Crippen LogP contribution in [0.4, 0.5) is 28.9 Å². The van der Waals surface area contributed by atoms with Crippen molar-refractivity contribution in [1.29, 1.82) is 5.26 Å². The van der Waals surface area contributed by atoms with Crippen LogP contribution in [0, 0.1) is 17.1 Å². The van der Waals surface area contributed by atoms with Crippen LogP contribution in [0.1, 0.15) is 11.1 Å². The number of halogens is 4. The van der Waals surface area contributed by atoms with E-state index in [1.54, 1.807) is 24.3 Å². The molecule has 2 N–H and O–H groups in total. The maximum absolute atomic E-state index is 12.9. The summed E-state index contributed by atoms with van der Waals surface area (Å²) in [5.74, 6) is -1.56. The van der Waals surface area contributed by atoms with Gasteiger partial charge in [-0.05, 0) is 66.2 Å². The molecule has 10 heteroatoms. The smallest absolute Gasteiger partial charge is 0.416 e. The van der Waals surface area contributed by atoms with E-state index in [-0.39, 0.29) is 23.6 Å². The second-order valence-electron chi connectivity index (χ2n) is 7.12. The molecule has 0 heterocycles. The molecule has 3 aromatic carbocycles. The first-order valence-corrected chi connectivity index (χ1v) is 10.0. The number of benzene rings is 3. The van der Waals surface area contributed by atoms with Gasteiger partial charge in [0.25, 0.3) is 11.8 Å². The zero-order valence-corrected chi connectivity index (χ0v) is 17.9. The number of nitrogens with zero attached hydrogens (tertiary/aromatic N) is 1. The van der Waals surface area contributed by atoms with Crippen LogP contribution in [-0.4, -0.2) is 18.4 Å². The van der Waals surface area contributed by atoms with E-state index in [4.69, 9.17) is 4.74 Å². The molecule has 0 fully saturated rings. The fraction of sp³-hybridized carbons (Fsp3) is 0.0800. The number of nitrogens with one attached hydrogen (secondary N) is 2. The lowest BCUT2D eigenvalue weighted by Crippen LogP contribution is -2.20. The Kier molecular flexibility index (Phi) is 7.84. The molecule has 0 saturated heterocycles. The third-order valence-electron chi connectivity index (χ3n) is 4.48. The lowest BCUT2D eigenvalue weighted by molar-refractivity contribution is -0.137. The molecular formula is C25H17F4N3O3. The van der Waals surface area contributed by atoms with Gasteiger partial charge in [0.15, 0.2) is 6.61 Å². The highest BCUT2D eigenvalue weighted by Gasteiger charge is 2.30. The van der Waals surface area contributed by atoms with Gasteiger partial charge in [0.1, 0.15) is 23.2 Å². The van der Waals surface area contributed by atoms with E-state index in [9.17, 15) is 32.4 Å². The average molecular weight is 483 g/mol. The molecular weight excluding hydrogens is 466 g/mol. The highest BCUT2D eigenvalue weighted by atomic mass is 19.4. The molecule has 0 spiro atoms. The van der Waals surface area contributed by atoms with Gasteiger partial charge in [0, 0.05) is 11.4 Å². The zero-order valence-electron chi connectivity index (χ0n) is 17.9. The van der Waals surface area contributed by atoms with Crippen molar-refractivity contribution in [1.82, 2.24) is 0 Å². The Balaban J connectivity index is 1.65. The third kappa shape index (κ3) is 7.43. The molecule has 0 aliphatic carbocycles. The molecule has 0 bridgehead atoms. The van der Waals surface area contributed by atoms with E-state index in [0.717, 1.165) is 18.2 Å². The molecule has 0 aliphatic heterocycles. The summed E-state index contributed by atoms with van der Waals surface area (Å²) in [7, 11) is 0. The standard InChI is InChI=1S/C25H17F4N3O3/c26-19-7-9-20(10-8-19)31-23(33)15-35-22-6-1-3-16(12-22)11-17(14-30)24(34)32-21-5-2-4-18(13-21)25(27,28)29/h1-13H,15H2,(H,31,33)(H,32,34)/b17-11+. The molecule has 0 radical (unpaired) electrons. The van der Waals surface area contributed by atoms with Gasteiger partial charge in [-0.2, -0.15) is 18.4 Å². The summed E-state index contributed by atoms with van der Waals surface area (Å²) >= 11 is 0. The van der Waals surface area contributed by atoms with Crippen molar-refractivity contribution in [2.45, 2.75) is 6.18 Å². The predicted octanol–water partition coefficient (Wildman–Crippen LogP) is 5.41. The summed E-state index contributed by atoms with van der Waals surface area (Å²) in [6.45, 7) is -0.355. The molecule has 3 aromatic rings. The van der Waals surface area contributed by atoms with Crippen LogP contribution >= 0.6 is 0 Å². The van der Waals surface area contributed by atoms with Crippen molar-refractivity contribution in [2.24, 2.45) is 0 Å². The van der Waals surface area contributed by atoms with Crippen LogP contribution in [0.5, 0.6) is 5.75 Å². The lowest BCUT2D eigenvalue weighted by Gasteiger charge is -2.10. The van der Waals surface area contributed by atoms with Gasteiger partial charge < -0.3 is 15.4 Å². The maximum atomic E-state index is 12.9. The van der Waals surface area contributed by atoms with Crippen molar-refractivity contribution in [3.63, 3.8) is 0 Å². The largest absolute Gasteiger partial charge is 0.484 e. The monoisotopic (exact) mass is 483 g/mol. The first kappa shape index (κ1) is 25.0. The number of alkyl halides is 3. The van der Waals surface area contributed by atoms with Crippen LogP contribution < -0.4 is 15.4 Å². The van der Waals surface area contributed by atoms with E-state index in [0.29, 0.717) is 11.3 Å². The molecule has 35 heavy (non-hydrogen) atoms. The van der Waals surface area contributed by atoms with Crippen LogP contribution in [-0.2, 0) is 15.8 Å². The topological polar surface area (TPSA) is 91.2 Å². The van der Waals surface area contributed by atoms with Crippen LogP contribution in [0.2, 0.25) is 0 Å². The number of rotatable bonds is 7. The quantitative estimate of drug-likeness (QED) is 0.267. The van der Waals surface area contributed by atoms with Crippen molar-refractivity contribution in [2.75, 3.05) is 17.2 Å². The number of carbonyl (C=O) groups excluding carboxylic acids is 2. The van der Waals surface area contributed by atoms with Crippen LogP contribution in [0.15, 0.2) is 78.4 Å². The molecule has 6 nitrogen and oxygen atoms in total. The number of ether oxygens (including phenoxy) is 1. The summed E-state index contributed by atoms with van der Waals surface area (Å²) in [6, 6.07) is 17.1. The Morgan fingerprint density at radius 3 is 2.34 bits per heavy atom. The van der Waals surface area contributed by atoms with Crippen molar-refractivity contribution in [3.8, 4) is 11.8 Å². The Morgan fingerprint density at radius 1 is 0.943 bits per heavy atom. The minimum absolute atomic E-state index is 0.116. The Labute approximate surface area is 197 Å². The normalized spacial score (nSPS) is 11.3. The highest BCUT2D eigenvalue weighted by molar-refractivity contribution is 6.09. The second kappa shape index (κ2) is 11.0. The minimum atomic E-state index is -4.58. The predicted molar refractivity (Wildman–Crippen MR) is 121 cm³/mol. The molecule has 0 aliphatic rings. The fourth-order valence-corrected chi connectivity index (χ4v) is 2.86.